The van der Waals surface area contributed by atoms with Crippen LogP contribution in [0.1, 0.15) is 290 Å². The van der Waals surface area contributed by atoms with Gasteiger partial charge in [-0.3, -0.25) is 14.4 Å². The smallest absolute Gasteiger partial charge is 0.306 e. The maximum Gasteiger partial charge on any atom is 0.306 e. The van der Waals surface area contributed by atoms with E-state index >= 15 is 0 Å². The second kappa shape index (κ2) is 60.9. The lowest BCUT2D eigenvalue weighted by Crippen LogP contribution is -2.30. The zero-order valence-corrected chi connectivity index (χ0v) is 47.9. The normalized spacial score (nSPS) is 12.8. The van der Waals surface area contributed by atoms with Crippen molar-refractivity contribution in [2.24, 2.45) is 0 Å². The average molecular weight is 1020 g/mol. The van der Waals surface area contributed by atoms with Crippen molar-refractivity contribution in [1.82, 2.24) is 0 Å². The van der Waals surface area contributed by atoms with Crippen LogP contribution in [0.25, 0.3) is 0 Å². The van der Waals surface area contributed by atoms with E-state index in [0.717, 1.165) is 103 Å². The Hall–Kier alpha value is -3.67. The average Bonchev–Trinajstić information content (AvgIpc) is 3.39. The lowest BCUT2D eigenvalue weighted by molar-refractivity contribution is -0.167. The quantitative estimate of drug-likeness (QED) is 0.0261. The largest absolute Gasteiger partial charge is 0.462 e. The van der Waals surface area contributed by atoms with Crippen molar-refractivity contribution in [2.45, 2.75) is 297 Å². The van der Waals surface area contributed by atoms with Crippen molar-refractivity contribution in [3.63, 3.8) is 0 Å². The molecule has 6 nitrogen and oxygen atoms in total. The Kier molecular flexibility index (Phi) is 57.8. The zero-order valence-electron chi connectivity index (χ0n) is 47.9. The van der Waals surface area contributed by atoms with Crippen LogP contribution in [0.4, 0.5) is 0 Å². The van der Waals surface area contributed by atoms with Gasteiger partial charge in [-0.1, -0.05) is 246 Å². The van der Waals surface area contributed by atoms with E-state index in [-0.39, 0.29) is 31.1 Å². The first kappa shape index (κ1) is 69.3. The van der Waals surface area contributed by atoms with Gasteiger partial charge in [-0.25, -0.2) is 0 Å². The van der Waals surface area contributed by atoms with Crippen molar-refractivity contribution in [3.8, 4) is 0 Å². The lowest BCUT2D eigenvalue weighted by Gasteiger charge is -2.18. The number of esters is 3. The Morgan fingerprint density at radius 2 is 0.534 bits per heavy atom. The maximum atomic E-state index is 12.9. The van der Waals surface area contributed by atoms with Crippen molar-refractivity contribution >= 4 is 17.9 Å². The number of ether oxygens (including phenoxy) is 3. The predicted molar refractivity (Wildman–Crippen MR) is 316 cm³/mol. The van der Waals surface area contributed by atoms with Crippen molar-refractivity contribution in [2.75, 3.05) is 13.2 Å². The van der Waals surface area contributed by atoms with Crippen LogP contribution in [-0.2, 0) is 28.6 Å². The van der Waals surface area contributed by atoms with Gasteiger partial charge in [0, 0.05) is 19.3 Å². The number of allylic oxidation sites excluding steroid dienone is 16. The Labute approximate surface area is 451 Å². The van der Waals surface area contributed by atoms with Crippen molar-refractivity contribution in [3.05, 3.63) is 97.2 Å². The topological polar surface area (TPSA) is 78.9 Å². The highest BCUT2D eigenvalue weighted by Crippen LogP contribution is 2.15. The van der Waals surface area contributed by atoms with E-state index in [4.69, 9.17) is 14.2 Å². The minimum atomic E-state index is -0.803. The van der Waals surface area contributed by atoms with E-state index in [1.807, 2.05) is 0 Å². The molecular formula is C67H114O6. The molecule has 0 aromatic rings. The summed E-state index contributed by atoms with van der Waals surface area (Å²) >= 11 is 0. The summed E-state index contributed by atoms with van der Waals surface area (Å²) in [5.41, 5.74) is 0. The molecule has 0 saturated heterocycles. The van der Waals surface area contributed by atoms with Crippen LogP contribution in [0.3, 0.4) is 0 Å². The third kappa shape index (κ3) is 59.1. The minimum absolute atomic E-state index is 0.0984. The molecule has 73 heavy (non-hydrogen) atoms. The highest BCUT2D eigenvalue weighted by molar-refractivity contribution is 5.71. The van der Waals surface area contributed by atoms with Crippen molar-refractivity contribution < 1.29 is 28.6 Å². The molecule has 0 aliphatic rings. The second-order valence-corrected chi connectivity index (χ2v) is 20.2. The SMILES string of the molecule is CC/C=C\C/C=C\C/C=C\C/C=C\CCCCC(=O)OCC(COC(=O)CCCCCCCC/C=C\C/C=C\C/C=C\CCCCCCC)OC(=O)CCCCCCCCCCC/C=C\CCCCCCCC. The molecule has 0 heterocycles. The molecule has 1 unspecified atom stereocenters. The van der Waals surface area contributed by atoms with Gasteiger partial charge in [-0.2, -0.15) is 0 Å². The summed E-state index contributed by atoms with van der Waals surface area (Å²) in [6, 6.07) is 0. The summed E-state index contributed by atoms with van der Waals surface area (Å²) in [4.78, 5) is 38.3. The molecule has 0 rings (SSSR count). The molecule has 0 fully saturated rings. The fourth-order valence-corrected chi connectivity index (χ4v) is 8.44. The van der Waals surface area contributed by atoms with Gasteiger partial charge in [0.15, 0.2) is 6.10 Å². The van der Waals surface area contributed by atoms with Gasteiger partial charge in [0.05, 0.1) is 0 Å². The molecule has 6 heteroatoms. The third-order valence-corrected chi connectivity index (χ3v) is 13.0. The molecule has 0 spiro atoms. The van der Waals surface area contributed by atoms with Crippen LogP contribution in [0.5, 0.6) is 0 Å². The molecule has 418 valence electrons. The molecule has 0 aromatic carbocycles. The zero-order chi connectivity index (χ0) is 52.9. The standard InChI is InChI=1S/C67H114O6/c1-4-7-10-13-16-19-22-25-28-30-32-33-35-36-39-42-45-48-51-54-57-60-66(69)72-63-64(62-71-65(68)59-56-53-50-47-44-41-38-27-24-21-18-15-12-9-6-3)73-67(70)61-58-55-52-49-46-43-40-37-34-31-29-26-23-20-17-14-11-8-5-2/h9,12,18,21-22,25-27,29-30,32,35-36,38,44,47,64H,4-8,10-11,13-17,19-20,23-24,28,31,33-34,37,39-43,45-46,48-63H2,1-3H3/b12-9-,21-18-,25-22-,29-26-,32-30-,36-35-,38-27-,47-44-. The monoisotopic (exact) mass is 1010 g/mol. The first-order valence-electron chi connectivity index (χ1n) is 30.7. The molecule has 0 saturated carbocycles. The number of rotatable bonds is 55. The summed E-state index contributed by atoms with van der Waals surface area (Å²) in [7, 11) is 0. The fourth-order valence-electron chi connectivity index (χ4n) is 8.44. The number of carbonyl (C=O) groups excluding carboxylic acids is 3. The highest BCUT2D eigenvalue weighted by atomic mass is 16.6. The van der Waals surface area contributed by atoms with Gasteiger partial charge < -0.3 is 14.2 Å². The van der Waals surface area contributed by atoms with Crippen LogP contribution in [0, 0.1) is 0 Å². The Morgan fingerprint density at radius 3 is 0.877 bits per heavy atom. The first-order chi connectivity index (χ1) is 36.0. The lowest BCUT2D eigenvalue weighted by atomic mass is 10.1. The van der Waals surface area contributed by atoms with E-state index in [9.17, 15) is 14.4 Å². The molecule has 0 radical (unpaired) electrons. The van der Waals surface area contributed by atoms with E-state index in [0.29, 0.717) is 19.3 Å². The summed E-state index contributed by atoms with van der Waals surface area (Å²) in [6.45, 7) is 6.48. The second-order valence-electron chi connectivity index (χ2n) is 20.2. The van der Waals surface area contributed by atoms with Gasteiger partial charge in [-0.15, -0.1) is 0 Å². The summed E-state index contributed by atoms with van der Waals surface area (Å²) < 4.78 is 16.9. The van der Waals surface area contributed by atoms with Gasteiger partial charge in [0.25, 0.3) is 0 Å². The van der Waals surface area contributed by atoms with Crippen molar-refractivity contribution in [1.29, 1.82) is 0 Å². The Morgan fingerprint density at radius 1 is 0.288 bits per heavy atom. The molecule has 0 aliphatic carbocycles. The molecular weight excluding hydrogens is 901 g/mol. The number of carbonyl (C=O) groups is 3. The summed E-state index contributed by atoms with van der Waals surface area (Å²) in [5, 5.41) is 0. The van der Waals surface area contributed by atoms with Crippen LogP contribution in [0.2, 0.25) is 0 Å². The molecule has 0 aliphatic heterocycles. The fraction of sp³-hybridized carbons (Fsp3) is 0.716. The van der Waals surface area contributed by atoms with Gasteiger partial charge in [0.1, 0.15) is 13.2 Å². The summed E-state index contributed by atoms with van der Waals surface area (Å²) in [6.07, 6.45) is 81.2. The van der Waals surface area contributed by atoms with Gasteiger partial charge >= 0.3 is 17.9 Å². The number of hydrogen-bond acceptors (Lipinski definition) is 6. The predicted octanol–water partition coefficient (Wildman–Crippen LogP) is 20.9. The minimum Gasteiger partial charge on any atom is -0.462 e. The summed E-state index contributed by atoms with van der Waals surface area (Å²) in [5.74, 6) is -0.948. The highest BCUT2D eigenvalue weighted by Gasteiger charge is 2.19. The first-order valence-corrected chi connectivity index (χ1v) is 30.7. The van der Waals surface area contributed by atoms with Crippen LogP contribution in [0.15, 0.2) is 97.2 Å². The third-order valence-electron chi connectivity index (χ3n) is 13.0. The number of hydrogen-bond donors (Lipinski definition) is 0. The molecule has 1 atom stereocenters. The van der Waals surface area contributed by atoms with E-state index in [2.05, 4.69) is 118 Å². The Balaban J connectivity index is 4.44. The Bertz CT molecular complexity index is 1440. The van der Waals surface area contributed by atoms with E-state index < -0.39 is 6.10 Å². The molecule has 0 aromatic heterocycles. The van der Waals surface area contributed by atoms with E-state index in [1.54, 1.807) is 0 Å². The number of unbranched alkanes of at least 4 members (excludes halogenated alkanes) is 28. The molecule has 0 N–H and O–H groups in total. The van der Waals surface area contributed by atoms with Crippen LogP contribution >= 0.6 is 0 Å². The molecule has 0 bridgehead atoms. The van der Waals surface area contributed by atoms with Gasteiger partial charge in [0.2, 0.25) is 0 Å². The molecule has 0 amide bonds. The maximum absolute atomic E-state index is 12.9. The van der Waals surface area contributed by atoms with Gasteiger partial charge in [-0.05, 0) is 122 Å². The van der Waals surface area contributed by atoms with Crippen LogP contribution in [-0.4, -0.2) is 37.2 Å². The van der Waals surface area contributed by atoms with Crippen LogP contribution < -0.4 is 0 Å². The van der Waals surface area contributed by atoms with E-state index in [1.165, 1.54) is 148 Å².